The van der Waals surface area contributed by atoms with Gasteiger partial charge in [0.05, 0.1) is 17.8 Å². The maximum atomic E-state index is 5.61. The van der Waals surface area contributed by atoms with Gasteiger partial charge in [-0.15, -0.1) is 0 Å². The van der Waals surface area contributed by atoms with E-state index in [0.717, 1.165) is 21.3 Å². The Bertz CT molecular complexity index is 851. The molecule has 82 valence electrons. The third kappa shape index (κ3) is 1.10. The first-order valence-electron chi connectivity index (χ1n) is 5.23. The van der Waals surface area contributed by atoms with Gasteiger partial charge in [-0.1, -0.05) is 0 Å². The lowest BCUT2D eigenvalue weighted by Crippen LogP contribution is -2.29. The van der Waals surface area contributed by atoms with Crippen molar-refractivity contribution in [2.45, 2.75) is 0 Å². The van der Waals surface area contributed by atoms with Crippen molar-refractivity contribution >= 4 is 34.5 Å². The largest absolute Gasteiger partial charge is 0.496 e. The summed E-state index contributed by atoms with van der Waals surface area (Å²) in [6.07, 6.45) is 8.63. The van der Waals surface area contributed by atoms with Gasteiger partial charge in [-0.2, -0.15) is 0 Å². The third-order valence-electron chi connectivity index (χ3n) is 2.83. The van der Waals surface area contributed by atoms with E-state index in [4.69, 9.17) is 9.15 Å². The average molecular weight is 225 g/mol. The van der Waals surface area contributed by atoms with Crippen LogP contribution in [-0.2, 0) is 4.74 Å². The highest BCUT2D eigenvalue weighted by atomic mass is 16.5. The summed E-state index contributed by atoms with van der Waals surface area (Å²) in [4.78, 5) is 12.5. The molecule has 0 N–H and O–H groups in total. The number of pyridine rings is 1. The van der Waals surface area contributed by atoms with Crippen molar-refractivity contribution in [3.8, 4) is 0 Å². The Morgan fingerprint density at radius 3 is 3.18 bits per heavy atom. The second-order valence-electron chi connectivity index (χ2n) is 3.80. The van der Waals surface area contributed by atoms with E-state index in [1.807, 2.05) is 6.08 Å². The normalized spacial score (nSPS) is 13.9. The van der Waals surface area contributed by atoms with Gasteiger partial charge in [0.15, 0.2) is 5.58 Å². The Morgan fingerprint density at radius 2 is 2.18 bits per heavy atom. The predicted octanol–water partition coefficient (Wildman–Crippen LogP) is 0.320. The minimum Gasteiger partial charge on any atom is -0.496 e. The number of aromatic nitrogens is 3. The molecule has 0 amide bonds. The molecule has 0 bridgehead atoms. The van der Waals surface area contributed by atoms with Crippen LogP contribution in [0.25, 0.3) is 34.5 Å². The lowest BCUT2D eigenvalue weighted by atomic mass is 10.2. The molecule has 17 heavy (non-hydrogen) atoms. The van der Waals surface area contributed by atoms with Crippen molar-refractivity contribution in [2.24, 2.45) is 0 Å². The summed E-state index contributed by atoms with van der Waals surface area (Å²) < 4.78 is 10.9. The van der Waals surface area contributed by atoms with Gasteiger partial charge in [-0.3, -0.25) is 0 Å². The molecular weight excluding hydrogens is 218 g/mol. The van der Waals surface area contributed by atoms with Gasteiger partial charge >= 0.3 is 0 Å². The zero-order valence-electron chi connectivity index (χ0n) is 8.75. The summed E-state index contributed by atoms with van der Waals surface area (Å²) in [7, 11) is 0. The van der Waals surface area contributed by atoms with Crippen LogP contribution in [0.2, 0.25) is 0 Å². The van der Waals surface area contributed by atoms with Gasteiger partial charge in [0, 0.05) is 16.6 Å². The molecule has 5 nitrogen and oxygen atoms in total. The van der Waals surface area contributed by atoms with Crippen LogP contribution < -0.4 is 10.4 Å². The summed E-state index contributed by atoms with van der Waals surface area (Å²) in [5.74, 6) is 0. The van der Waals surface area contributed by atoms with E-state index in [1.54, 1.807) is 18.7 Å². The van der Waals surface area contributed by atoms with Gasteiger partial charge in [0.1, 0.15) is 18.5 Å². The molecule has 1 aliphatic rings. The van der Waals surface area contributed by atoms with Crippen molar-refractivity contribution in [3.05, 3.63) is 29.2 Å². The highest BCUT2D eigenvalue weighted by molar-refractivity contribution is 6.00. The Kier molecular flexibility index (Phi) is 1.55. The van der Waals surface area contributed by atoms with Crippen LogP contribution in [0.4, 0.5) is 0 Å². The fraction of sp³-hybridized carbons (Fsp3) is 0.0833. The predicted molar refractivity (Wildman–Crippen MR) is 61.2 cm³/mol. The van der Waals surface area contributed by atoms with E-state index in [9.17, 15) is 0 Å². The first kappa shape index (κ1) is 8.69. The average Bonchev–Trinajstić information content (AvgIpc) is 2.77. The second-order valence-corrected chi connectivity index (χ2v) is 3.80. The first-order valence-corrected chi connectivity index (χ1v) is 5.23. The van der Waals surface area contributed by atoms with Crippen molar-refractivity contribution < 1.29 is 9.15 Å². The Hall–Kier alpha value is -2.43. The lowest BCUT2D eigenvalue weighted by molar-refractivity contribution is 0.346. The van der Waals surface area contributed by atoms with Gasteiger partial charge < -0.3 is 9.15 Å². The Balaban J connectivity index is 2.38. The zero-order chi connectivity index (χ0) is 11.2. The molecule has 3 aromatic rings. The fourth-order valence-electron chi connectivity index (χ4n) is 2.09. The molecule has 0 saturated heterocycles. The number of hydrogen-bond donors (Lipinski definition) is 0. The number of hydrogen-bond acceptors (Lipinski definition) is 5. The van der Waals surface area contributed by atoms with Crippen LogP contribution in [0.5, 0.6) is 0 Å². The number of nitrogens with zero attached hydrogens (tertiary/aromatic N) is 3. The van der Waals surface area contributed by atoms with Crippen LogP contribution in [0.1, 0.15) is 0 Å². The molecule has 5 heteroatoms. The molecule has 0 radical (unpaired) electrons. The van der Waals surface area contributed by atoms with E-state index in [1.165, 1.54) is 6.33 Å². The standard InChI is InChI=1S/C12H7N3O2/c1-2-16-5-7-3-14-12-10(8(1)7)11-9(17-12)4-13-6-15-11/h1,3-6H,2H2. The molecule has 0 aliphatic carbocycles. The number of ether oxygens (including phenoxy) is 1. The summed E-state index contributed by atoms with van der Waals surface area (Å²) >= 11 is 0. The van der Waals surface area contributed by atoms with Crippen LogP contribution in [0.15, 0.2) is 23.1 Å². The fourth-order valence-corrected chi connectivity index (χ4v) is 2.09. The first-order chi connectivity index (χ1) is 8.43. The molecule has 1 aliphatic heterocycles. The molecule has 0 atom stereocenters. The quantitative estimate of drug-likeness (QED) is 0.551. The Labute approximate surface area is 95.1 Å². The molecular formula is C12H7N3O2. The summed E-state index contributed by atoms with van der Waals surface area (Å²) in [5.41, 5.74) is 2.04. The number of rotatable bonds is 0. The molecule has 0 unspecified atom stereocenters. The lowest BCUT2D eigenvalue weighted by Gasteiger charge is -2.01. The smallest absolute Gasteiger partial charge is 0.229 e. The molecule has 4 heterocycles. The van der Waals surface area contributed by atoms with Gasteiger partial charge in [-0.25, -0.2) is 15.0 Å². The monoisotopic (exact) mass is 225 g/mol. The molecule has 0 fully saturated rings. The van der Waals surface area contributed by atoms with E-state index in [2.05, 4.69) is 15.0 Å². The molecule has 4 rings (SSSR count). The van der Waals surface area contributed by atoms with E-state index < -0.39 is 0 Å². The SMILES string of the molecule is C1=c2cnc3oc4cncnc4c3c2=CCO1. The summed E-state index contributed by atoms with van der Waals surface area (Å²) in [5, 5.41) is 2.95. The highest BCUT2D eigenvalue weighted by Crippen LogP contribution is 2.20. The molecule has 0 aromatic carbocycles. The topological polar surface area (TPSA) is 61.0 Å². The summed E-state index contributed by atoms with van der Waals surface area (Å²) in [6, 6.07) is 0. The van der Waals surface area contributed by atoms with Crippen LogP contribution >= 0.6 is 0 Å². The zero-order valence-corrected chi connectivity index (χ0v) is 8.75. The van der Waals surface area contributed by atoms with E-state index in [0.29, 0.717) is 17.9 Å². The number of furan rings is 1. The van der Waals surface area contributed by atoms with Crippen LogP contribution in [-0.4, -0.2) is 21.6 Å². The second kappa shape index (κ2) is 3.04. The molecule has 0 saturated carbocycles. The molecule has 0 spiro atoms. The third-order valence-corrected chi connectivity index (χ3v) is 2.83. The van der Waals surface area contributed by atoms with Gasteiger partial charge in [0.25, 0.3) is 0 Å². The maximum absolute atomic E-state index is 5.61. The highest BCUT2D eigenvalue weighted by Gasteiger charge is 2.11. The van der Waals surface area contributed by atoms with Crippen LogP contribution in [0, 0.1) is 0 Å². The minimum atomic E-state index is 0.559. The van der Waals surface area contributed by atoms with Crippen molar-refractivity contribution in [2.75, 3.05) is 6.61 Å². The van der Waals surface area contributed by atoms with Crippen LogP contribution in [0.3, 0.4) is 0 Å². The minimum absolute atomic E-state index is 0.559. The van der Waals surface area contributed by atoms with Crippen molar-refractivity contribution in [1.29, 1.82) is 0 Å². The van der Waals surface area contributed by atoms with E-state index in [-0.39, 0.29) is 0 Å². The van der Waals surface area contributed by atoms with Gasteiger partial charge in [0.2, 0.25) is 5.71 Å². The van der Waals surface area contributed by atoms with Crippen molar-refractivity contribution in [3.63, 3.8) is 0 Å². The Morgan fingerprint density at radius 1 is 1.18 bits per heavy atom. The summed E-state index contributed by atoms with van der Waals surface area (Å²) in [6.45, 7) is 0.559. The van der Waals surface area contributed by atoms with Crippen molar-refractivity contribution in [1.82, 2.24) is 15.0 Å². The number of fused-ring (bicyclic) bond motifs is 5. The molecule has 3 aromatic heterocycles. The van der Waals surface area contributed by atoms with Gasteiger partial charge in [-0.05, 0) is 6.08 Å². The maximum Gasteiger partial charge on any atom is 0.229 e. The van der Waals surface area contributed by atoms with E-state index >= 15 is 0 Å².